The number of nitrogens with zero attached hydrogens (tertiary/aromatic N) is 2. The molecule has 0 aliphatic heterocycles. The summed E-state index contributed by atoms with van der Waals surface area (Å²) in [5.74, 6) is 1.34. The van der Waals surface area contributed by atoms with Crippen LogP contribution < -0.4 is 4.57 Å². The first kappa shape index (κ1) is 11.2. The van der Waals surface area contributed by atoms with E-state index in [0.717, 1.165) is 0 Å². The monoisotopic (exact) mass is 217 g/mol. The third kappa shape index (κ3) is 1.53. The van der Waals surface area contributed by atoms with E-state index in [9.17, 15) is 0 Å². The smallest absolute Gasteiger partial charge is 0.225 e. The molecule has 0 atom stereocenters. The van der Waals surface area contributed by atoms with Crippen LogP contribution in [0.4, 0.5) is 0 Å². The number of para-hydroxylation sites is 2. The molecule has 1 heterocycles. The van der Waals surface area contributed by atoms with Crippen molar-refractivity contribution in [2.75, 3.05) is 0 Å². The van der Waals surface area contributed by atoms with Crippen LogP contribution in [-0.2, 0) is 0 Å². The lowest BCUT2D eigenvalue weighted by molar-refractivity contribution is -0.698. The van der Waals surface area contributed by atoms with E-state index in [1.165, 1.54) is 16.9 Å². The zero-order chi connectivity index (χ0) is 11.9. The molecule has 0 aliphatic carbocycles. The minimum absolute atomic E-state index is 0.505. The lowest BCUT2D eigenvalue weighted by Gasteiger charge is -2.06. The van der Waals surface area contributed by atoms with E-state index in [-0.39, 0.29) is 0 Å². The molecule has 0 N–H and O–H groups in total. The fourth-order valence-electron chi connectivity index (χ4n) is 2.64. The van der Waals surface area contributed by atoms with E-state index in [1.807, 2.05) is 0 Å². The first-order chi connectivity index (χ1) is 7.54. The summed E-state index contributed by atoms with van der Waals surface area (Å²) in [6.45, 7) is 11.2. The quantitative estimate of drug-likeness (QED) is 0.682. The highest BCUT2D eigenvalue weighted by Gasteiger charge is 2.24. The van der Waals surface area contributed by atoms with Crippen molar-refractivity contribution in [3.05, 3.63) is 30.1 Å². The van der Waals surface area contributed by atoms with Gasteiger partial charge in [-0.25, -0.2) is 9.13 Å². The van der Waals surface area contributed by atoms with Gasteiger partial charge in [-0.15, -0.1) is 0 Å². The number of benzene rings is 1. The van der Waals surface area contributed by atoms with Crippen molar-refractivity contribution in [3.8, 4) is 0 Å². The van der Waals surface area contributed by atoms with E-state index < -0.39 is 0 Å². The molecular weight excluding hydrogens is 196 g/mol. The van der Waals surface area contributed by atoms with Crippen molar-refractivity contribution < 1.29 is 4.57 Å². The van der Waals surface area contributed by atoms with E-state index in [1.54, 1.807) is 0 Å². The first-order valence-electron chi connectivity index (χ1n) is 6.05. The molecule has 2 nitrogen and oxygen atoms in total. The SMILES string of the molecule is Cc1n(C(C)C)c2ccccc2[n+]1C(C)C. The van der Waals surface area contributed by atoms with Crippen molar-refractivity contribution in [2.45, 2.75) is 46.7 Å². The van der Waals surface area contributed by atoms with E-state index in [2.05, 4.69) is 68.0 Å². The lowest BCUT2D eigenvalue weighted by atomic mass is 10.3. The van der Waals surface area contributed by atoms with Crippen LogP contribution in [0.2, 0.25) is 0 Å². The molecule has 0 aliphatic rings. The van der Waals surface area contributed by atoms with Gasteiger partial charge in [-0.1, -0.05) is 12.1 Å². The normalized spacial score (nSPS) is 11.9. The van der Waals surface area contributed by atoms with Crippen LogP contribution >= 0.6 is 0 Å². The number of hydrogen-bond acceptors (Lipinski definition) is 0. The second kappa shape index (κ2) is 3.93. The summed E-state index contributed by atoms with van der Waals surface area (Å²) in [7, 11) is 0. The predicted molar refractivity (Wildman–Crippen MR) is 67.6 cm³/mol. The maximum absolute atomic E-state index is 2.41. The molecule has 2 aromatic rings. The zero-order valence-corrected chi connectivity index (χ0v) is 10.9. The summed E-state index contributed by atoms with van der Waals surface area (Å²) in [5.41, 5.74) is 2.67. The van der Waals surface area contributed by atoms with Gasteiger partial charge in [0.15, 0.2) is 11.0 Å². The Bertz CT molecular complexity index is 462. The van der Waals surface area contributed by atoms with Crippen LogP contribution in [0.25, 0.3) is 11.0 Å². The standard InChI is InChI=1S/C14H21N2/c1-10(2)15-12(5)16(11(3)4)14-9-7-6-8-13(14)15/h6-11H,1-5H3/q+1. The average molecular weight is 217 g/mol. The molecule has 2 heteroatoms. The summed E-state index contributed by atoms with van der Waals surface area (Å²) < 4.78 is 4.82. The van der Waals surface area contributed by atoms with Gasteiger partial charge in [-0.05, 0) is 39.8 Å². The van der Waals surface area contributed by atoms with Gasteiger partial charge < -0.3 is 0 Å². The van der Waals surface area contributed by atoms with Crippen LogP contribution in [0.1, 0.15) is 45.6 Å². The Morgan fingerprint density at radius 1 is 1.06 bits per heavy atom. The molecule has 0 bridgehead atoms. The molecular formula is C14H21N2+. The van der Waals surface area contributed by atoms with Crippen LogP contribution in [0, 0.1) is 6.92 Å². The van der Waals surface area contributed by atoms with Gasteiger partial charge >= 0.3 is 0 Å². The first-order valence-corrected chi connectivity index (χ1v) is 6.05. The number of fused-ring (bicyclic) bond motifs is 1. The van der Waals surface area contributed by atoms with Gasteiger partial charge in [0, 0.05) is 6.92 Å². The molecule has 0 radical (unpaired) electrons. The topological polar surface area (TPSA) is 8.81 Å². The van der Waals surface area contributed by atoms with Gasteiger partial charge in [0.2, 0.25) is 0 Å². The highest BCUT2D eigenvalue weighted by molar-refractivity contribution is 5.72. The fourth-order valence-corrected chi connectivity index (χ4v) is 2.64. The van der Waals surface area contributed by atoms with E-state index in [4.69, 9.17) is 0 Å². The van der Waals surface area contributed by atoms with Crippen LogP contribution in [0.3, 0.4) is 0 Å². The van der Waals surface area contributed by atoms with Crippen molar-refractivity contribution in [3.63, 3.8) is 0 Å². The molecule has 16 heavy (non-hydrogen) atoms. The van der Waals surface area contributed by atoms with Gasteiger partial charge in [0.05, 0.1) is 12.1 Å². The van der Waals surface area contributed by atoms with E-state index >= 15 is 0 Å². The molecule has 0 amide bonds. The maximum Gasteiger partial charge on any atom is 0.254 e. The Hall–Kier alpha value is -1.31. The lowest BCUT2D eigenvalue weighted by Crippen LogP contribution is -2.38. The molecule has 0 unspecified atom stereocenters. The second-order valence-electron chi connectivity index (χ2n) is 4.96. The van der Waals surface area contributed by atoms with Crippen molar-refractivity contribution in [1.82, 2.24) is 4.57 Å². The Labute approximate surface area is 97.5 Å². The van der Waals surface area contributed by atoms with Crippen LogP contribution in [-0.4, -0.2) is 4.57 Å². The maximum atomic E-state index is 2.41. The Kier molecular flexibility index (Phi) is 2.75. The summed E-state index contributed by atoms with van der Waals surface area (Å²) in [4.78, 5) is 0. The summed E-state index contributed by atoms with van der Waals surface area (Å²) in [5, 5.41) is 0. The third-order valence-electron chi connectivity index (χ3n) is 3.13. The van der Waals surface area contributed by atoms with Gasteiger partial charge in [0.1, 0.15) is 0 Å². The summed E-state index contributed by atoms with van der Waals surface area (Å²) in [6.07, 6.45) is 0. The summed E-state index contributed by atoms with van der Waals surface area (Å²) >= 11 is 0. The molecule has 1 aromatic carbocycles. The minimum Gasteiger partial charge on any atom is -0.225 e. The molecule has 0 spiro atoms. The van der Waals surface area contributed by atoms with Crippen molar-refractivity contribution in [2.24, 2.45) is 0 Å². The predicted octanol–water partition coefficient (Wildman–Crippen LogP) is 3.40. The molecule has 0 saturated carbocycles. The fraction of sp³-hybridized carbons (Fsp3) is 0.500. The number of hydrogen-bond donors (Lipinski definition) is 0. The summed E-state index contributed by atoms with van der Waals surface area (Å²) in [6, 6.07) is 9.66. The molecule has 0 saturated heterocycles. The van der Waals surface area contributed by atoms with Crippen molar-refractivity contribution in [1.29, 1.82) is 0 Å². The van der Waals surface area contributed by atoms with Gasteiger partial charge in [-0.3, -0.25) is 0 Å². The number of imidazole rings is 1. The molecule has 1 aromatic heterocycles. The number of aromatic nitrogens is 2. The van der Waals surface area contributed by atoms with E-state index in [0.29, 0.717) is 12.1 Å². The second-order valence-corrected chi connectivity index (χ2v) is 4.96. The van der Waals surface area contributed by atoms with Crippen LogP contribution in [0.5, 0.6) is 0 Å². The van der Waals surface area contributed by atoms with Gasteiger partial charge in [-0.2, -0.15) is 0 Å². The van der Waals surface area contributed by atoms with Crippen LogP contribution in [0.15, 0.2) is 24.3 Å². The minimum atomic E-state index is 0.505. The molecule has 86 valence electrons. The zero-order valence-electron chi connectivity index (χ0n) is 10.9. The molecule has 0 fully saturated rings. The molecule has 2 rings (SSSR count). The highest BCUT2D eigenvalue weighted by Crippen LogP contribution is 2.20. The van der Waals surface area contributed by atoms with Gasteiger partial charge in [0.25, 0.3) is 5.82 Å². The van der Waals surface area contributed by atoms with Crippen molar-refractivity contribution >= 4 is 11.0 Å². The average Bonchev–Trinajstić information content (AvgIpc) is 2.49. The number of rotatable bonds is 2. The Morgan fingerprint density at radius 3 is 2.25 bits per heavy atom. The third-order valence-corrected chi connectivity index (χ3v) is 3.13. The Balaban J connectivity index is 2.86. The largest absolute Gasteiger partial charge is 0.254 e. The highest BCUT2D eigenvalue weighted by atomic mass is 15.2. The Morgan fingerprint density at radius 2 is 1.69 bits per heavy atom.